The molecule has 5 nitrogen and oxygen atoms in total. The fraction of sp³-hybridized carbons (Fsp3) is 0.409. The maximum atomic E-state index is 12.1. The molecular weight excluding hydrogens is 374 g/mol. The van der Waals surface area contributed by atoms with Gasteiger partial charge in [-0.1, -0.05) is 17.7 Å². The van der Waals surface area contributed by atoms with Gasteiger partial charge in [0, 0.05) is 43.4 Å². The van der Waals surface area contributed by atoms with E-state index in [2.05, 4.69) is 21.9 Å². The zero-order valence-electron chi connectivity index (χ0n) is 16.2. The molecule has 0 unspecified atom stereocenters. The number of aryl methyl sites for hydroxylation is 2. The second-order valence-corrected chi connectivity index (χ2v) is 7.94. The molecule has 3 aromatic rings. The molecule has 1 fully saturated rings. The van der Waals surface area contributed by atoms with Crippen LogP contribution < -0.4 is 10.7 Å². The molecule has 0 bridgehead atoms. The van der Waals surface area contributed by atoms with E-state index < -0.39 is 0 Å². The van der Waals surface area contributed by atoms with E-state index in [1.807, 2.05) is 37.3 Å². The highest BCUT2D eigenvalue weighted by Gasteiger charge is 2.17. The smallest absolute Gasteiger partial charge is 0.408 e. The lowest BCUT2D eigenvalue weighted by Crippen LogP contribution is -2.46. The van der Waals surface area contributed by atoms with Crippen LogP contribution in [0, 0.1) is 6.92 Å². The van der Waals surface area contributed by atoms with E-state index in [0.29, 0.717) is 12.1 Å². The van der Waals surface area contributed by atoms with Gasteiger partial charge in [-0.05, 0) is 68.3 Å². The topological polar surface area (TPSA) is 41.6 Å². The van der Waals surface area contributed by atoms with Crippen LogP contribution in [0.4, 0.5) is 5.69 Å². The van der Waals surface area contributed by atoms with Crippen LogP contribution in [0.25, 0.3) is 11.1 Å². The number of oxazole rings is 1. The van der Waals surface area contributed by atoms with Crippen molar-refractivity contribution >= 4 is 28.4 Å². The van der Waals surface area contributed by atoms with Gasteiger partial charge in [-0.2, -0.15) is 0 Å². The number of hydrogen-bond donors (Lipinski definition) is 0. The summed E-state index contributed by atoms with van der Waals surface area (Å²) in [6.45, 7) is 7.98. The summed E-state index contributed by atoms with van der Waals surface area (Å²) >= 11 is 5.98. The standard InChI is InChI=1S/C22H26ClN3O2/c1-17-4-9-20-21(16-17)28-22(27)26(20)11-3-2-10-24-12-14-25(15-13-24)19-7-5-18(23)6-8-19/h4-9,16H,2-3,10-15H2,1H3. The number of piperazine rings is 1. The lowest BCUT2D eigenvalue weighted by molar-refractivity contribution is 0.251. The number of fused-ring (bicyclic) bond motifs is 1. The van der Waals surface area contributed by atoms with Gasteiger partial charge in [0.2, 0.25) is 0 Å². The first-order chi connectivity index (χ1) is 13.6. The average molecular weight is 400 g/mol. The van der Waals surface area contributed by atoms with Crippen molar-refractivity contribution in [2.75, 3.05) is 37.6 Å². The van der Waals surface area contributed by atoms with Crippen molar-refractivity contribution in [3.05, 3.63) is 63.6 Å². The second kappa shape index (κ2) is 8.41. The first-order valence-corrected chi connectivity index (χ1v) is 10.3. The molecule has 148 valence electrons. The molecule has 0 N–H and O–H groups in total. The molecule has 0 amide bonds. The van der Waals surface area contributed by atoms with E-state index in [4.69, 9.17) is 16.0 Å². The van der Waals surface area contributed by atoms with E-state index in [-0.39, 0.29) is 5.76 Å². The summed E-state index contributed by atoms with van der Waals surface area (Å²) in [6.07, 6.45) is 2.05. The number of unbranched alkanes of at least 4 members (excludes halogenated alkanes) is 1. The Morgan fingerprint density at radius 2 is 1.68 bits per heavy atom. The molecule has 28 heavy (non-hydrogen) atoms. The SMILES string of the molecule is Cc1ccc2c(c1)oc(=O)n2CCCCN1CCN(c2ccc(Cl)cc2)CC1. The number of hydrogen-bond acceptors (Lipinski definition) is 4. The largest absolute Gasteiger partial charge is 0.419 e. The molecule has 1 aliphatic heterocycles. The van der Waals surface area contributed by atoms with E-state index in [1.165, 1.54) is 5.69 Å². The molecule has 1 saturated heterocycles. The molecule has 0 radical (unpaired) electrons. The highest BCUT2D eigenvalue weighted by Crippen LogP contribution is 2.20. The Morgan fingerprint density at radius 1 is 0.964 bits per heavy atom. The average Bonchev–Trinajstić information content (AvgIpc) is 3.00. The van der Waals surface area contributed by atoms with Crippen molar-refractivity contribution in [1.29, 1.82) is 0 Å². The minimum Gasteiger partial charge on any atom is -0.408 e. The highest BCUT2D eigenvalue weighted by atomic mass is 35.5. The first-order valence-electron chi connectivity index (χ1n) is 9.93. The van der Waals surface area contributed by atoms with Gasteiger partial charge >= 0.3 is 5.76 Å². The van der Waals surface area contributed by atoms with Crippen LogP contribution >= 0.6 is 11.6 Å². The molecule has 2 heterocycles. The second-order valence-electron chi connectivity index (χ2n) is 7.50. The summed E-state index contributed by atoms with van der Waals surface area (Å²) in [5.74, 6) is -0.253. The Hall–Kier alpha value is -2.24. The summed E-state index contributed by atoms with van der Waals surface area (Å²) in [4.78, 5) is 17.0. The number of benzene rings is 2. The Kier molecular flexibility index (Phi) is 5.74. The normalized spacial score (nSPS) is 15.4. The molecule has 4 rings (SSSR count). The maximum Gasteiger partial charge on any atom is 0.419 e. The van der Waals surface area contributed by atoms with Crippen molar-refractivity contribution in [3.63, 3.8) is 0 Å². The number of anilines is 1. The lowest BCUT2D eigenvalue weighted by atomic mass is 10.2. The van der Waals surface area contributed by atoms with Crippen LogP contribution in [0.5, 0.6) is 0 Å². The maximum absolute atomic E-state index is 12.1. The van der Waals surface area contributed by atoms with Gasteiger partial charge in [0.1, 0.15) is 0 Å². The Morgan fingerprint density at radius 3 is 2.43 bits per heavy atom. The minimum absolute atomic E-state index is 0.253. The first kappa shape index (κ1) is 19.1. The van der Waals surface area contributed by atoms with Gasteiger partial charge in [-0.15, -0.1) is 0 Å². The van der Waals surface area contributed by atoms with Gasteiger partial charge in [-0.25, -0.2) is 4.79 Å². The molecule has 0 saturated carbocycles. The van der Waals surface area contributed by atoms with Crippen LogP contribution in [0.2, 0.25) is 5.02 Å². The summed E-state index contributed by atoms with van der Waals surface area (Å²) in [7, 11) is 0. The van der Waals surface area contributed by atoms with Gasteiger partial charge in [-0.3, -0.25) is 9.47 Å². The van der Waals surface area contributed by atoms with Gasteiger partial charge < -0.3 is 9.32 Å². The number of nitrogens with zero attached hydrogens (tertiary/aromatic N) is 3. The minimum atomic E-state index is -0.253. The Labute approximate surface area is 170 Å². The zero-order chi connectivity index (χ0) is 19.5. The van der Waals surface area contributed by atoms with E-state index in [0.717, 1.165) is 61.7 Å². The number of aromatic nitrogens is 1. The van der Waals surface area contributed by atoms with Gasteiger partial charge in [0.15, 0.2) is 5.58 Å². The van der Waals surface area contributed by atoms with E-state index >= 15 is 0 Å². The molecule has 0 atom stereocenters. The van der Waals surface area contributed by atoms with Crippen LogP contribution in [0.3, 0.4) is 0 Å². The van der Waals surface area contributed by atoms with Crippen molar-refractivity contribution < 1.29 is 4.42 Å². The predicted molar refractivity (Wildman–Crippen MR) is 115 cm³/mol. The molecule has 2 aromatic carbocycles. The van der Waals surface area contributed by atoms with E-state index in [1.54, 1.807) is 4.57 Å². The molecular formula is C22H26ClN3O2. The molecule has 6 heteroatoms. The molecule has 1 aromatic heterocycles. The van der Waals surface area contributed by atoms with Gasteiger partial charge in [0.25, 0.3) is 0 Å². The predicted octanol–water partition coefficient (Wildman–Crippen LogP) is 4.16. The quantitative estimate of drug-likeness (QED) is 0.584. The summed E-state index contributed by atoms with van der Waals surface area (Å²) in [5.41, 5.74) is 3.92. The zero-order valence-corrected chi connectivity index (χ0v) is 17.0. The number of halogens is 1. The van der Waals surface area contributed by atoms with Crippen molar-refractivity contribution in [1.82, 2.24) is 9.47 Å². The number of rotatable bonds is 6. The summed E-state index contributed by atoms with van der Waals surface area (Å²) < 4.78 is 7.13. The van der Waals surface area contributed by atoms with Crippen LogP contribution in [0.15, 0.2) is 51.7 Å². The molecule has 0 spiro atoms. The third-order valence-electron chi connectivity index (χ3n) is 5.49. The summed E-state index contributed by atoms with van der Waals surface area (Å²) in [5, 5.41) is 0.780. The Balaban J connectivity index is 1.24. The van der Waals surface area contributed by atoms with Gasteiger partial charge in [0.05, 0.1) is 5.52 Å². The molecule has 0 aliphatic carbocycles. The van der Waals surface area contributed by atoms with Crippen LogP contribution in [-0.4, -0.2) is 42.2 Å². The Bertz CT molecular complexity index is 985. The van der Waals surface area contributed by atoms with Crippen molar-refractivity contribution in [2.45, 2.75) is 26.3 Å². The highest BCUT2D eigenvalue weighted by molar-refractivity contribution is 6.30. The third-order valence-corrected chi connectivity index (χ3v) is 5.75. The van der Waals surface area contributed by atoms with Crippen LogP contribution in [0.1, 0.15) is 18.4 Å². The van der Waals surface area contributed by atoms with E-state index in [9.17, 15) is 4.79 Å². The fourth-order valence-electron chi connectivity index (χ4n) is 3.87. The van der Waals surface area contributed by atoms with Crippen molar-refractivity contribution in [3.8, 4) is 0 Å². The van der Waals surface area contributed by atoms with Crippen LogP contribution in [-0.2, 0) is 6.54 Å². The fourth-order valence-corrected chi connectivity index (χ4v) is 4.00. The monoisotopic (exact) mass is 399 g/mol. The molecule has 1 aliphatic rings. The van der Waals surface area contributed by atoms with Crippen molar-refractivity contribution in [2.24, 2.45) is 0 Å². The third kappa shape index (κ3) is 4.26. The lowest BCUT2D eigenvalue weighted by Gasteiger charge is -2.36. The summed E-state index contributed by atoms with van der Waals surface area (Å²) in [6, 6.07) is 14.0.